The van der Waals surface area contributed by atoms with Crippen LogP contribution in [0.4, 0.5) is 8.78 Å². The fraction of sp³-hybridized carbons (Fsp3) is 1.00. The lowest BCUT2D eigenvalue weighted by Crippen LogP contribution is -2.48. The molecule has 3 atom stereocenters. The van der Waals surface area contributed by atoms with Crippen molar-refractivity contribution in [2.75, 3.05) is 0 Å². The zero-order valence-corrected chi connectivity index (χ0v) is 5.69. The molecule has 0 aromatic rings. The van der Waals surface area contributed by atoms with Crippen LogP contribution in [-0.2, 0) is 0 Å². The molecule has 0 spiro atoms. The zero-order valence-electron chi connectivity index (χ0n) is 5.69. The molecule has 1 aliphatic carbocycles. The van der Waals surface area contributed by atoms with Crippen LogP contribution in [0.25, 0.3) is 0 Å². The van der Waals surface area contributed by atoms with Crippen molar-refractivity contribution in [3.8, 4) is 0 Å². The fourth-order valence-corrected chi connectivity index (χ4v) is 1.28. The predicted octanol–water partition coefficient (Wildman–Crippen LogP) is 0.678. The van der Waals surface area contributed by atoms with E-state index >= 15 is 0 Å². The molecule has 1 saturated carbocycles. The Bertz CT molecular complexity index is 110. The summed E-state index contributed by atoms with van der Waals surface area (Å²) in [5.74, 6) is 5.00. The van der Waals surface area contributed by atoms with Crippen LogP contribution in [0.2, 0.25) is 0 Å². The lowest BCUT2D eigenvalue weighted by atomic mass is 9.93. The standard InChI is InChI=1S/C6H12F2N2/c7-4-2-1-3-5(10-9)6(4)8/h4-6,10H,1-3,9H2. The summed E-state index contributed by atoms with van der Waals surface area (Å²) in [5, 5.41) is 0. The second-order valence-electron chi connectivity index (χ2n) is 2.66. The van der Waals surface area contributed by atoms with Gasteiger partial charge in [-0.1, -0.05) is 0 Å². The third-order valence-electron chi connectivity index (χ3n) is 1.94. The van der Waals surface area contributed by atoms with E-state index in [9.17, 15) is 8.78 Å². The number of halogens is 2. The van der Waals surface area contributed by atoms with Crippen LogP contribution in [0.3, 0.4) is 0 Å². The van der Waals surface area contributed by atoms with E-state index in [1.54, 1.807) is 0 Å². The van der Waals surface area contributed by atoms with Crippen LogP contribution >= 0.6 is 0 Å². The van der Waals surface area contributed by atoms with Crippen molar-refractivity contribution >= 4 is 0 Å². The van der Waals surface area contributed by atoms with Crippen molar-refractivity contribution in [1.82, 2.24) is 5.43 Å². The molecule has 3 N–H and O–H groups in total. The van der Waals surface area contributed by atoms with E-state index < -0.39 is 18.4 Å². The van der Waals surface area contributed by atoms with E-state index in [1.165, 1.54) is 0 Å². The van der Waals surface area contributed by atoms with E-state index in [0.29, 0.717) is 12.8 Å². The van der Waals surface area contributed by atoms with Crippen molar-refractivity contribution in [1.29, 1.82) is 0 Å². The highest BCUT2D eigenvalue weighted by Gasteiger charge is 2.32. The summed E-state index contributed by atoms with van der Waals surface area (Å²) in [7, 11) is 0. The fourth-order valence-electron chi connectivity index (χ4n) is 1.28. The minimum atomic E-state index is -1.42. The third kappa shape index (κ3) is 1.44. The third-order valence-corrected chi connectivity index (χ3v) is 1.94. The average Bonchev–Trinajstić information content (AvgIpc) is 1.95. The van der Waals surface area contributed by atoms with Gasteiger partial charge in [-0.05, 0) is 19.3 Å². The van der Waals surface area contributed by atoms with Crippen LogP contribution in [0.5, 0.6) is 0 Å². The first-order valence-corrected chi connectivity index (χ1v) is 3.50. The van der Waals surface area contributed by atoms with Crippen molar-refractivity contribution in [2.45, 2.75) is 37.6 Å². The Morgan fingerprint density at radius 1 is 1.30 bits per heavy atom. The maximum Gasteiger partial charge on any atom is 0.148 e. The van der Waals surface area contributed by atoms with E-state index in [2.05, 4.69) is 5.43 Å². The van der Waals surface area contributed by atoms with Gasteiger partial charge in [0.2, 0.25) is 0 Å². The van der Waals surface area contributed by atoms with Gasteiger partial charge in [0.1, 0.15) is 12.3 Å². The molecule has 2 nitrogen and oxygen atoms in total. The van der Waals surface area contributed by atoms with Crippen LogP contribution < -0.4 is 11.3 Å². The van der Waals surface area contributed by atoms with Crippen LogP contribution in [0.1, 0.15) is 19.3 Å². The second-order valence-corrected chi connectivity index (χ2v) is 2.66. The average molecular weight is 150 g/mol. The van der Waals surface area contributed by atoms with Gasteiger partial charge in [0.05, 0.1) is 6.04 Å². The molecule has 3 unspecified atom stereocenters. The van der Waals surface area contributed by atoms with Gasteiger partial charge in [-0.2, -0.15) is 0 Å². The smallest absolute Gasteiger partial charge is 0.148 e. The Labute approximate surface area is 58.7 Å². The van der Waals surface area contributed by atoms with E-state index in [4.69, 9.17) is 5.84 Å². The molecular formula is C6H12F2N2. The molecule has 1 fully saturated rings. The summed E-state index contributed by atoms with van der Waals surface area (Å²) in [5.41, 5.74) is 2.27. The molecule has 60 valence electrons. The SMILES string of the molecule is NNC1CCCC(F)C1F. The summed E-state index contributed by atoms with van der Waals surface area (Å²) in [6.45, 7) is 0. The van der Waals surface area contributed by atoms with Gasteiger partial charge in [0.25, 0.3) is 0 Å². The van der Waals surface area contributed by atoms with Crippen molar-refractivity contribution in [3.05, 3.63) is 0 Å². The van der Waals surface area contributed by atoms with Crippen LogP contribution in [0, 0.1) is 0 Å². The molecular weight excluding hydrogens is 138 g/mol. The van der Waals surface area contributed by atoms with Crippen molar-refractivity contribution in [2.24, 2.45) is 5.84 Å². The molecule has 1 rings (SSSR count). The lowest BCUT2D eigenvalue weighted by molar-refractivity contribution is 0.0860. The highest BCUT2D eigenvalue weighted by molar-refractivity contribution is 4.85. The number of nitrogens with one attached hydrogen (secondary N) is 1. The van der Waals surface area contributed by atoms with Gasteiger partial charge in [0.15, 0.2) is 0 Å². The number of hydrogen-bond acceptors (Lipinski definition) is 2. The summed E-state index contributed by atoms with van der Waals surface area (Å²) < 4.78 is 25.3. The maximum absolute atomic E-state index is 12.7. The number of hydrogen-bond donors (Lipinski definition) is 2. The van der Waals surface area contributed by atoms with Gasteiger partial charge in [-0.15, -0.1) is 0 Å². The monoisotopic (exact) mass is 150 g/mol. The van der Waals surface area contributed by atoms with Gasteiger partial charge in [0, 0.05) is 0 Å². The highest BCUT2D eigenvalue weighted by atomic mass is 19.2. The molecule has 0 bridgehead atoms. The Balaban J connectivity index is 2.42. The van der Waals surface area contributed by atoms with Gasteiger partial charge in [-0.25, -0.2) is 8.78 Å². The van der Waals surface area contributed by atoms with Crippen molar-refractivity contribution in [3.63, 3.8) is 0 Å². The molecule has 0 heterocycles. The van der Waals surface area contributed by atoms with Crippen molar-refractivity contribution < 1.29 is 8.78 Å². The minimum absolute atomic E-state index is 0.333. The summed E-state index contributed by atoms with van der Waals surface area (Å²) in [6.07, 6.45) is -1.05. The summed E-state index contributed by atoms with van der Waals surface area (Å²) in [6, 6.07) is -0.483. The number of hydrazine groups is 1. The molecule has 0 amide bonds. The molecule has 0 aliphatic heterocycles. The van der Waals surface area contributed by atoms with E-state index in [1.807, 2.05) is 0 Å². The highest BCUT2D eigenvalue weighted by Crippen LogP contribution is 2.23. The molecule has 4 heteroatoms. The second kappa shape index (κ2) is 3.25. The normalized spacial score (nSPS) is 41.7. The largest absolute Gasteiger partial charge is 0.271 e. The quantitative estimate of drug-likeness (QED) is 0.426. The van der Waals surface area contributed by atoms with E-state index in [0.717, 1.165) is 6.42 Å². The Morgan fingerprint density at radius 3 is 2.50 bits per heavy atom. The van der Waals surface area contributed by atoms with Gasteiger partial charge in [-0.3, -0.25) is 11.3 Å². The zero-order chi connectivity index (χ0) is 7.56. The summed E-state index contributed by atoms with van der Waals surface area (Å²) in [4.78, 5) is 0. The Morgan fingerprint density at radius 2 is 2.00 bits per heavy atom. The number of alkyl halides is 2. The van der Waals surface area contributed by atoms with Crippen LogP contribution in [0.15, 0.2) is 0 Å². The topological polar surface area (TPSA) is 38.0 Å². The Hall–Kier alpha value is -0.220. The molecule has 0 aromatic carbocycles. The molecule has 0 aromatic heterocycles. The van der Waals surface area contributed by atoms with Gasteiger partial charge < -0.3 is 0 Å². The molecule has 0 saturated heterocycles. The predicted molar refractivity (Wildman–Crippen MR) is 34.8 cm³/mol. The molecule has 10 heavy (non-hydrogen) atoms. The number of rotatable bonds is 1. The summed E-state index contributed by atoms with van der Waals surface area (Å²) >= 11 is 0. The maximum atomic E-state index is 12.7. The van der Waals surface area contributed by atoms with Gasteiger partial charge >= 0.3 is 0 Å². The van der Waals surface area contributed by atoms with Crippen LogP contribution in [-0.4, -0.2) is 18.4 Å². The van der Waals surface area contributed by atoms with E-state index in [-0.39, 0.29) is 0 Å². The first kappa shape index (κ1) is 7.88. The lowest BCUT2D eigenvalue weighted by Gasteiger charge is -2.27. The minimum Gasteiger partial charge on any atom is -0.271 e. The first-order chi connectivity index (χ1) is 4.75. The molecule has 1 aliphatic rings. The Kier molecular flexibility index (Phi) is 2.56. The first-order valence-electron chi connectivity index (χ1n) is 3.50. The molecule has 0 radical (unpaired) electrons. The number of nitrogens with two attached hydrogens (primary N) is 1.